The Kier molecular flexibility index (Phi) is 1.63. The minimum atomic E-state index is -2.00. The summed E-state index contributed by atoms with van der Waals surface area (Å²) in [5.41, 5.74) is -1.76. The molecule has 14 heavy (non-hydrogen) atoms. The Morgan fingerprint density at radius 1 is 0.786 bits per heavy atom. The second-order valence-electron chi connectivity index (χ2n) is 2.59. The Morgan fingerprint density at radius 3 is 2.00 bits per heavy atom. The van der Waals surface area contributed by atoms with Gasteiger partial charge in [-0.05, 0) is 0 Å². The van der Waals surface area contributed by atoms with Gasteiger partial charge in [-0.2, -0.15) is 0 Å². The van der Waals surface area contributed by atoms with Gasteiger partial charge in [-0.3, -0.25) is 15.0 Å². The van der Waals surface area contributed by atoms with Crippen LogP contribution in [0.2, 0.25) is 0 Å². The predicted octanol–water partition coefficient (Wildman–Crippen LogP) is 1.41. The molecule has 0 fully saturated rings. The van der Waals surface area contributed by atoms with Gasteiger partial charge in [0.05, 0.1) is 0 Å². The smallest absolute Gasteiger partial charge is 0.275 e. The van der Waals surface area contributed by atoms with Crippen LogP contribution in [0.25, 0.3) is 10.9 Å². The van der Waals surface area contributed by atoms with Gasteiger partial charge < -0.3 is 0 Å². The monoisotopic (exact) mass is 206 g/mol. The zero-order valence-electron chi connectivity index (χ0n) is 6.42. The first-order chi connectivity index (χ1) is 6.54. The van der Waals surface area contributed by atoms with Crippen molar-refractivity contribution >= 4 is 10.9 Å². The molecular weight excluding hydrogens is 204 g/mol. The maximum atomic E-state index is 12.9. The molecule has 0 unspecified atom stereocenters. The fourth-order valence-corrected chi connectivity index (χ4v) is 1.14. The fraction of sp³-hybridized carbons (Fsp3) is 0. The van der Waals surface area contributed by atoms with Crippen LogP contribution in [0.1, 0.15) is 0 Å². The number of aromatic nitrogens is 2. The Hall–Kier alpha value is -1.79. The van der Waals surface area contributed by atoms with Crippen LogP contribution < -0.4 is 5.56 Å². The highest BCUT2D eigenvalue weighted by Gasteiger charge is 2.23. The molecule has 0 atom stereocenters. The Bertz CT molecular complexity index is 571. The van der Waals surface area contributed by atoms with Crippen LogP contribution in [-0.2, 0) is 0 Å². The number of rotatable bonds is 0. The molecule has 0 radical (unpaired) electrons. The van der Waals surface area contributed by atoms with Crippen LogP contribution >= 0.6 is 0 Å². The van der Waals surface area contributed by atoms with Crippen molar-refractivity contribution in [1.82, 2.24) is 10.2 Å². The van der Waals surface area contributed by atoms with E-state index in [-0.39, 0.29) is 0 Å². The maximum absolute atomic E-state index is 12.9. The number of hydrogen-bond acceptors (Lipinski definition) is 1. The first-order valence-electron chi connectivity index (χ1n) is 3.46. The van der Waals surface area contributed by atoms with Crippen LogP contribution in [0.4, 0.5) is 17.6 Å². The lowest BCUT2D eigenvalue weighted by Gasteiger charge is -1.97. The molecule has 0 amide bonds. The average molecular weight is 206 g/mol. The van der Waals surface area contributed by atoms with E-state index < -0.39 is 39.7 Å². The van der Waals surface area contributed by atoms with Gasteiger partial charge in [0.25, 0.3) is 5.56 Å². The van der Waals surface area contributed by atoms with E-state index in [1.165, 1.54) is 0 Å². The van der Waals surface area contributed by atoms with Gasteiger partial charge in [-0.1, -0.05) is 0 Å². The van der Waals surface area contributed by atoms with Crippen molar-refractivity contribution in [2.24, 2.45) is 0 Å². The maximum Gasteiger partial charge on any atom is 0.275 e. The summed E-state index contributed by atoms with van der Waals surface area (Å²) in [5.74, 6) is -7.29. The van der Waals surface area contributed by atoms with E-state index in [0.717, 1.165) is 0 Å². The summed E-state index contributed by atoms with van der Waals surface area (Å²) < 4.78 is 51.0. The van der Waals surface area contributed by atoms with Gasteiger partial charge in [0.1, 0.15) is 10.9 Å². The van der Waals surface area contributed by atoms with Gasteiger partial charge in [-0.15, -0.1) is 0 Å². The number of nitrogens with one attached hydrogen (secondary N) is 2. The van der Waals surface area contributed by atoms with E-state index >= 15 is 0 Å². The van der Waals surface area contributed by atoms with E-state index in [1.807, 2.05) is 10.2 Å². The van der Waals surface area contributed by atoms with Crippen LogP contribution in [0.3, 0.4) is 0 Å². The highest BCUT2D eigenvalue weighted by Crippen LogP contribution is 2.22. The number of fused-ring (bicyclic) bond motifs is 1. The number of hydrogen-bond donors (Lipinski definition) is 2. The molecule has 0 aliphatic heterocycles. The van der Waals surface area contributed by atoms with E-state index in [0.29, 0.717) is 0 Å². The van der Waals surface area contributed by atoms with Crippen molar-refractivity contribution in [1.29, 1.82) is 0 Å². The predicted molar refractivity (Wildman–Crippen MR) is 38.8 cm³/mol. The quantitative estimate of drug-likeness (QED) is 0.382. The number of halogens is 4. The van der Waals surface area contributed by atoms with E-state index in [1.54, 1.807) is 0 Å². The van der Waals surface area contributed by atoms with Crippen molar-refractivity contribution in [2.75, 3.05) is 0 Å². The average Bonchev–Trinajstić information content (AvgIpc) is 2.54. The molecule has 1 aromatic carbocycles. The van der Waals surface area contributed by atoms with Gasteiger partial charge in [-0.25, -0.2) is 17.6 Å². The molecule has 2 aromatic rings. The zero-order valence-corrected chi connectivity index (χ0v) is 6.42. The first-order valence-corrected chi connectivity index (χ1v) is 3.46. The summed E-state index contributed by atoms with van der Waals surface area (Å²) in [6.45, 7) is 0. The molecule has 2 N–H and O–H groups in total. The lowest BCUT2D eigenvalue weighted by Crippen LogP contribution is -2.04. The van der Waals surface area contributed by atoms with Crippen LogP contribution in [-0.4, -0.2) is 10.2 Å². The Labute approximate surface area is 73.3 Å². The molecule has 0 bridgehead atoms. The molecule has 0 aliphatic carbocycles. The van der Waals surface area contributed by atoms with Crippen LogP contribution in [0.5, 0.6) is 0 Å². The summed E-state index contributed by atoms with van der Waals surface area (Å²) >= 11 is 0. The molecule has 1 aromatic heterocycles. The van der Waals surface area contributed by atoms with Crippen molar-refractivity contribution in [3.05, 3.63) is 33.6 Å². The fourth-order valence-electron chi connectivity index (χ4n) is 1.14. The third-order valence-electron chi connectivity index (χ3n) is 1.80. The molecular formula is C7H2F4N2O. The Balaban J connectivity index is 3.13. The lowest BCUT2D eigenvalue weighted by atomic mass is 10.2. The second-order valence-corrected chi connectivity index (χ2v) is 2.59. The van der Waals surface area contributed by atoms with E-state index in [9.17, 15) is 22.4 Å². The zero-order chi connectivity index (χ0) is 10.5. The van der Waals surface area contributed by atoms with Gasteiger partial charge in [0.15, 0.2) is 23.3 Å². The van der Waals surface area contributed by atoms with Gasteiger partial charge in [0.2, 0.25) is 0 Å². The standard InChI is InChI=1S/C7H2F4N2O/c8-2-1-6(12-13-7(1)14)5(11)4(10)3(2)9/h(H2,12,13,14). The van der Waals surface area contributed by atoms with Gasteiger partial charge >= 0.3 is 0 Å². The summed E-state index contributed by atoms with van der Waals surface area (Å²) in [6, 6.07) is 0. The molecule has 2 rings (SSSR count). The van der Waals surface area contributed by atoms with E-state index in [4.69, 9.17) is 0 Å². The number of aromatic amines is 2. The third kappa shape index (κ3) is 0.889. The minimum Gasteiger partial charge on any atom is -0.294 e. The SMILES string of the molecule is O=c1[nH][nH]c2c(F)c(F)c(F)c(F)c12. The molecule has 0 aliphatic rings. The van der Waals surface area contributed by atoms with E-state index in [2.05, 4.69) is 0 Å². The largest absolute Gasteiger partial charge is 0.294 e. The van der Waals surface area contributed by atoms with Crippen LogP contribution in [0, 0.1) is 23.3 Å². The molecule has 0 spiro atoms. The molecule has 1 heterocycles. The van der Waals surface area contributed by atoms with Crippen LogP contribution in [0.15, 0.2) is 4.79 Å². The first kappa shape index (κ1) is 8.79. The van der Waals surface area contributed by atoms with Crippen molar-refractivity contribution in [2.45, 2.75) is 0 Å². The highest BCUT2D eigenvalue weighted by atomic mass is 19.2. The third-order valence-corrected chi connectivity index (χ3v) is 1.80. The van der Waals surface area contributed by atoms with Crippen molar-refractivity contribution < 1.29 is 17.6 Å². The Morgan fingerprint density at radius 2 is 1.36 bits per heavy atom. The minimum absolute atomic E-state index is 0.716. The van der Waals surface area contributed by atoms with Crippen molar-refractivity contribution in [3.8, 4) is 0 Å². The molecule has 0 saturated carbocycles. The molecule has 3 nitrogen and oxygen atoms in total. The summed E-state index contributed by atoms with van der Waals surface area (Å²) in [7, 11) is 0. The lowest BCUT2D eigenvalue weighted by molar-refractivity contribution is 0.417. The topological polar surface area (TPSA) is 48.6 Å². The number of H-pyrrole nitrogens is 2. The van der Waals surface area contributed by atoms with Crippen molar-refractivity contribution in [3.63, 3.8) is 0 Å². The normalized spacial score (nSPS) is 11.1. The molecule has 0 saturated heterocycles. The second kappa shape index (κ2) is 2.60. The van der Waals surface area contributed by atoms with Gasteiger partial charge in [0, 0.05) is 0 Å². The highest BCUT2D eigenvalue weighted by molar-refractivity contribution is 5.79. The number of benzene rings is 1. The molecule has 7 heteroatoms. The summed E-state index contributed by atoms with van der Waals surface area (Å²) in [6.07, 6.45) is 0. The molecule has 74 valence electrons. The summed E-state index contributed by atoms with van der Waals surface area (Å²) in [5, 5.41) is 2.86. The summed E-state index contributed by atoms with van der Waals surface area (Å²) in [4.78, 5) is 10.8.